The number of aromatic nitrogens is 2. The lowest BCUT2D eigenvalue weighted by Gasteiger charge is -2.33. The highest BCUT2D eigenvalue weighted by Crippen LogP contribution is 2.47. The number of nitrogens with zero attached hydrogens (tertiary/aromatic N) is 2. The molecule has 2 aliphatic rings. The summed E-state index contributed by atoms with van der Waals surface area (Å²) < 4.78 is 0. The maximum absolute atomic E-state index is 5.90. The second kappa shape index (κ2) is 3.44. The van der Waals surface area contributed by atoms with E-state index in [4.69, 9.17) is 11.6 Å². The van der Waals surface area contributed by atoms with E-state index in [0.29, 0.717) is 10.7 Å². The highest BCUT2D eigenvalue weighted by atomic mass is 35.5. The third-order valence-electron chi connectivity index (χ3n) is 4.02. The summed E-state index contributed by atoms with van der Waals surface area (Å²) in [5, 5.41) is 0.417. The molecule has 0 saturated heterocycles. The lowest BCUT2D eigenvalue weighted by molar-refractivity contribution is 0.286. The summed E-state index contributed by atoms with van der Waals surface area (Å²) in [5.74, 6) is 0. The van der Waals surface area contributed by atoms with Crippen molar-refractivity contribution < 1.29 is 0 Å². The lowest BCUT2D eigenvalue weighted by atomic mass is 9.72. The third kappa shape index (κ3) is 1.46. The fraction of sp³-hybridized carbons (Fsp3) is 0.667. The van der Waals surface area contributed by atoms with Gasteiger partial charge in [0, 0.05) is 11.6 Å². The summed E-state index contributed by atoms with van der Waals surface area (Å²) in [6.45, 7) is 0. The van der Waals surface area contributed by atoms with Crippen molar-refractivity contribution >= 4 is 11.6 Å². The number of hydrogen-bond acceptors (Lipinski definition) is 2. The topological polar surface area (TPSA) is 25.8 Å². The van der Waals surface area contributed by atoms with Crippen molar-refractivity contribution in [2.24, 2.45) is 0 Å². The molecule has 15 heavy (non-hydrogen) atoms. The Morgan fingerprint density at radius 1 is 1.13 bits per heavy atom. The Hall–Kier alpha value is -0.630. The van der Waals surface area contributed by atoms with E-state index in [-0.39, 0.29) is 0 Å². The molecule has 1 spiro atoms. The molecule has 2 nitrogen and oxygen atoms in total. The molecule has 0 aliphatic heterocycles. The molecule has 0 bridgehead atoms. The van der Waals surface area contributed by atoms with Crippen molar-refractivity contribution in [1.29, 1.82) is 0 Å². The van der Waals surface area contributed by atoms with Gasteiger partial charge in [-0.15, -0.1) is 0 Å². The van der Waals surface area contributed by atoms with Crippen LogP contribution in [0.25, 0.3) is 0 Å². The highest BCUT2D eigenvalue weighted by molar-refractivity contribution is 6.28. The van der Waals surface area contributed by atoms with Gasteiger partial charge in [-0.25, -0.2) is 9.97 Å². The molecule has 3 heteroatoms. The molecule has 0 amide bonds. The minimum absolute atomic E-state index is 0.361. The Kier molecular flexibility index (Phi) is 2.20. The largest absolute Gasteiger partial charge is 0.226 e. The first-order valence-electron chi connectivity index (χ1n) is 5.82. The highest BCUT2D eigenvalue weighted by Gasteiger charge is 2.41. The molecule has 1 saturated carbocycles. The van der Waals surface area contributed by atoms with Gasteiger partial charge in [-0.3, -0.25) is 0 Å². The summed E-state index contributed by atoms with van der Waals surface area (Å²) in [4.78, 5) is 8.57. The normalized spacial score (nSPS) is 23.0. The summed E-state index contributed by atoms with van der Waals surface area (Å²) in [5.41, 5.74) is 2.96. The summed E-state index contributed by atoms with van der Waals surface area (Å²) in [6.07, 6.45) is 11.0. The first-order valence-corrected chi connectivity index (χ1v) is 6.20. The molecule has 3 rings (SSSR count). The smallest absolute Gasteiger partial charge is 0.222 e. The molecule has 1 fully saturated rings. The zero-order chi connectivity index (χ0) is 10.3. The van der Waals surface area contributed by atoms with E-state index in [9.17, 15) is 0 Å². The van der Waals surface area contributed by atoms with Crippen LogP contribution in [0.4, 0.5) is 0 Å². The Bertz CT molecular complexity index is 378. The van der Waals surface area contributed by atoms with Crippen molar-refractivity contribution in [3.8, 4) is 0 Å². The summed E-state index contributed by atoms with van der Waals surface area (Å²) in [6, 6.07) is 0. The first-order chi connectivity index (χ1) is 7.30. The maximum Gasteiger partial charge on any atom is 0.222 e. The number of rotatable bonds is 0. The van der Waals surface area contributed by atoms with Gasteiger partial charge in [-0.1, -0.05) is 19.3 Å². The van der Waals surface area contributed by atoms with Crippen LogP contribution >= 0.6 is 11.6 Å². The first kappa shape index (κ1) is 9.59. The molecule has 0 radical (unpaired) electrons. The van der Waals surface area contributed by atoms with Gasteiger partial charge < -0.3 is 0 Å². The molecule has 1 aromatic rings. The molecular formula is C12H15ClN2. The van der Waals surface area contributed by atoms with Gasteiger partial charge in [0.25, 0.3) is 0 Å². The quantitative estimate of drug-likeness (QED) is 0.630. The zero-order valence-electron chi connectivity index (χ0n) is 8.80. The van der Waals surface area contributed by atoms with Gasteiger partial charge in [-0.2, -0.15) is 0 Å². The standard InChI is InChI=1S/C12H15ClN2/c13-11-14-8-9-4-7-12(10(9)15-11)5-2-1-3-6-12/h8H,1-7H2. The fourth-order valence-electron chi connectivity index (χ4n) is 3.24. The van der Waals surface area contributed by atoms with Crippen LogP contribution in [-0.4, -0.2) is 9.97 Å². The Morgan fingerprint density at radius 3 is 2.73 bits per heavy atom. The van der Waals surface area contributed by atoms with Crippen LogP contribution in [-0.2, 0) is 11.8 Å². The second-order valence-corrected chi connectivity index (χ2v) is 5.19. The molecule has 1 aromatic heterocycles. The molecule has 0 aromatic carbocycles. The van der Waals surface area contributed by atoms with Gasteiger partial charge in [0.05, 0.1) is 5.69 Å². The van der Waals surface area contributed by atoms with E-state index >= 15 is 0 Å². The van der Waals surface area contributed by atoms with E-state index in [1.165, 1.54) is 49.8 Å². The van der Waals surface area contributed by atoms with Crippen LogP contribution in [0.2, 0.25) is 5.28 Å². The van der Waals surface area contributed by atoms with Crippen molar-refractivity contribution in [2.45, 2.75) is 50.4 Å². The third-order valence-corrected chi connectivity index (χ3v) is 4.20. The van der Waals surface area contributed by atoms with E-state index in [1.807, 2.05) is 6.20 Å². The number of fused-ring (bicyclic) bond motifs is 2. The number of aryl methyl sites for hydroxylation is 1. The lowest BCUT2D eigenvalue weighted by Crippen LogP contribution is -2.27. The van der Waals surface area contributed by atoms with Gasteiger partial charge in [0.15, 0.2) is 0 Å². The van der Waals surface area contributed by atoms with Crippen molar-refractivity contribution in [2.75, 3.05) is 0 Å². The molecule has 0 N–H and O–H groups in total. The molecule has 0 unspecified atom stereocenters. The van der Waals surface area contributed by atoms with Crippen molar-refractivity contribution in [1.82, 2.24) is 9.97 Å². The zero-order valence-corrected chi connectivity index (χ0v) is 9.56. The van der Waals surface area contributed by atoms with E-state index in [1.54, 1.807) is 0 Å². The summed E-state index contributed by atoms with van der Waals surface area (Å²) in [7, 11) is 0. The molecule has 1 heterocycles. The predicted molar refractivity (Wildman–Crippen MR) is 60.1 cm³/mol. The average Bonchev–Trinajstić information content (AvgIpc) is 2.59. The molecule has 0 atom stereocenters. The Balaban J connectivity index is 2.05. The van der Waals surface area contributed by atoms with Gasteiger partial charge >= 0.3 is 0 Å². The van der Waals surface area contributed by atoms with Gasteiger partial charge in [-0.05, 0) is 42.8 Å². The van der Waals surface area contributed by atoms with Crippen LogP contribution in [0.15, 0.2) is 6.20 Å². The number of halogens is 1. The molecular weight excluding hydrogens is 208 g/mol. The summed E-state index contributed by atoms with van der Waals surface area (Å²) >= 11 is 5.90. The minimum Gasteiger partial charge on any atom is -0.226 e. The monoisotopic (exact) mass is 222 g/mol. The second-order valence-electron chi connectivity index (χ2n) is 4.85. The van der Waals surface area contributed by atoms with Crippen molar-refractivity contribution in [3.63, 3.8) is 0 Å². The molecule has 80 valence electrons. The van der Waals surface area contributed by atoms with Crippen LogP contribution in [0, 0.1) is 0 Å². The molecule has 2 aliphatic carbocycles. The van der Waals surface area contributed by atoms with Crippen molar-refractivity contribution in [3.05, 3.63) is 22.7 Å². The van der Waals surface area contributed by atoms with Crippen LogP contribution in [0.3, 0.4) is 0 Å². The predicted octanol–water partition coefficient (Wildman–Crippen LogP) is 3.28. The van der Waals surface area contributed by atoms with Gasteiger partial charge in [0.2, 0.25) is 5.28 Å². The van der Waals surface area contributed by atoms with E-state index in [0.717, 1.165) is 6.42 Å². The van der Waals surface area contributed by atoms with Crippen LogP contribution in [0.5, 0.6) is 0 Å². The SMILES string of the molecule is Clc1ncc2c(n1)C1(CCCCC1)CC2. The minimum atomic E-state index is 0.361. The van der Waals surface area contributed by atoms with E-state index in [2.05, 4.69) is 9.97 Å². The average molecular weight is 223 g/mol. The van der Waals surface area contributed by atoms with Gasteiger partial charge in [0.1, 0.15) is 0 Å². The Morgan fingerprint density at radius 2 is 1.93 bits per heavy atom. The van der Waals surface area contributed by atoms with E-state index < -0.39 is 0 Å². The fourth-order valence-corrected chi connectivity index (χ4v) is 3.37. The van der Waals surface area contributed by atoms with Crippen LogP contribution < -0.4 is 0 Å². The Labute approximate surface area is 95.1 Å². The number of hydrogen-bond donors (Lipinski definition) is 0. The van der Waals surface area contributed by atoms with Crippen LogP contribution in [0.1, 0.15) is 49.8 Å². The maximum atomic E-state index is 5.90.